The van der Waals surface area contributed by atoms with Crippen LogP contribution in [0.1, 0.15) is 0 Å². The van der Waals surface area contributed by atoms with Gasteiger partial charge < -0.3 is 9.67 Å². The van der Waals surface area contributed by atoms with Gasteiger partial charge in [-0.2, -0.15) is 13.2 Å². The zero-order valence-electron chi connectivity index (χ0n) is 8.15. The lowest BCUT2D eigenvalue weighted by molar-refractivity contribution is -0.207. The smallest absolute Gasteiger partial charge is 0.382 e. The van der Waals surface area contributed by atoms with Gasteiger partial charge in [0.1, 0.15) is 0 Å². The van der Waals surface area contributed by atoms with Crippen LogP contribution < -0.4 is 0 Å². The van der Waals surface area contributed by atoms with Crippen molar-refractivity contribution in [1.29, 1.82) is 0 Å². The molecule has 0 bridgehead atoms. The van der Waals surface area contributed by atoms with Gasteiger partial charge in [0.15, 0.2) is 6.10 Å². The molecule has 1 N–H and O–H groups in total. The summed E-state index contributed by atoms with van der Waals surface area (Å²) in [6.07, 6.45) is -5.68. The largest absolute Gasteiger partial charge is 0.416 e. The van der Waals surface area contributed by atoms with Gasteiger partial charge in [-0.25, -0.2) is 4.98 Å². The van der Waals surface area contributed by atoms with E-state index in [2.05, 4.69) is 4.98 Å². The number of rotatable bonds is 2. The van der Waals surface area contributed by atoms with Crippen LogP contribution in [0, 0.1) is 0 Å². The zero-order chi connectivity index (χ0) is 11.8. The molecule has 1 heterocycles. The van der Waals surface area contributed by atoms with Gasteiger partial charge in [-0.05, 0) is 12.1 Å². The third-order valence-corrected chi connectivity index (χ3v) is 2.27. The van der Waals surface area contributed by atoms with E-state index in [0.717, 1.165) is 0 Å². The minimum absolute atomic E-state index is 0.538. The first-order valence-corrected chi connectivity index (χ1v) is 4.63. The molecule has 2 aromatic rings. The Labute approximate surface area is 89.1 Å². The van der Waals surface area contributed by atoms with Crippen LogP contribution >= 0.6 is 0 Å². The van der Waals surface area contributed by atoms with E-state index in [1.807, 2.05) is 0 Å². The van der Waals surface area contributed by atoms with Crippen molar-refractivity contribution in [3.63, 3.8) is 0 Å². The van der Waals surface area contributed by atoms with Gasteiger partial charge in [-0.3, -0.25) is 0 Å². The average Bonchev–Trinajstić information content (AvgIpc) is 2.61. The minimum atomic E-state index is -4.61. The molecule has 0 unspecified atom stereocenters. The van der Waals surface area contributed by atoms with Crippen molar-refractivity contribution in [3.05, 3.63) is 30.6 Å². The summed E-state index contributed by atoms with van der Waals surface area (Å²) in [5.41, 5.74) is 1.18. The average molecular weight is 230 g/mol. The molecular weight excluding hydrogens is 221 g/mol. The molecule has 0 spiro atoms. The van der Waals surface area contributed by atoms with Crippen molar-refractivity contribution < 1.29 is 18.3 Å². The van der Waals surface area contributed by atoms with Crippen molar-refractivity contribution in [2.24, 2.45) is 0 Å². The quantitative estimate of drug-likeness (QED) is 0.856. The second-order valence-electron chi connectivity index (χ2n) is 3.44. The number of nitrogens with zero attached hydrogens (tertiary/aromatic N) is 2. The summed E-state index contributed by atoms with van der Waals surface area (Å²) < 4.78 is 37.8. The Balaban J connectivity index is 2.28. The molecule has 6 heteroatoms. The van der Waals surface area contributed by atoms with Gasteiger partial charge in [-0.15, -0.1) is 0 Å². The number of hydrogen-bond acceptors (Lipinski definition) is 2. The number of para-hydroxylation sites is 2. The van der Waals surface area contributed by atoms with Crippen LogP contribution in [0.2, 0.25) is 0 Å². The summed E-state index contributed by atoms with van der Waals surface area (Å²) >= 11 is 0. The van der Waals surface area contributed by atoms with Crippen molar-refractivity contribution in [2.75, 3.05) is 0 Å². The summed E-state index contributed by atoms with van der Waals surface area (Å²) in [6, 6.07) is 6.82. The SMILES string of the molecule is O[C@H](Cn1cnc2ccccc21)C(F)(F)F. The number of hydrogen-bond donors (Lipinski definition) is 1. The number of fused-ring (bicyclic) bond motifs is 1. The normalized spacial score (nSPS) is 14.2. The van der Waals surface area contributed by atoms with Gasteiger partial charge in [-0.1, -0.05) is 12.1 Å². The topological polar surface area (TPSA) is 38.0 Å². The van der Waals surface area contributed by atoms with E-state index in [4.69, 9.17) is 5.11 Å². The first-order chi connectivity index (χ1) is 7.48. The predicted octanol–water partition coefficient (Wildman–Crippen LogP) is 1.96. The van der Waals surface area contributed by atoms with Gasteiger partial charge >= 0.3 is 6.18 Å². The number of aromatic nitrogens is 2. The molecule has 0 aliphatic rings. The summed E-state index contributed by atoms with van der Waals surface area (Å²) in [6.45, 7) is -0.538. The maximum atomic E-state index is 12.2. The zero-order valence-corrected chi connectivity index (χ0v) is 8.15. The highest BCUT2D eigenvalue weighted by atomic mass is 19.4. The van der Waals surface area contributed by atoms with Crippen LogP contribution in [0.25, 0.3) is 11.0 Å². The molecular formula is C10H9F3N2O. The lowest BCUT2D eigenvalue weighted by Crippen LogP contribution is -2.32. The van der Waals surface area contributed by atoms with Crippen molar-refractivity contribution >= 4 is 11.0 Å². The molecule has 0 saturated heterocycles. The Morgan fingerprint density at radius 2 is 2.00 bits per heavy atom. The van der Waals surface area contributed by atoms with E-state index in [1.165, 1.54) is 10.9 Å². The van der Waals surface area contributed by atoms with Crippen LogP contribution in [0.5, 0.6) is 0 Å². The molecule has 16 heavy (non-hydrogen) atoms. The summed E-state index contributed by atoms with van der Waals surface area (Å²) in [5, 5.41) is 8.94. The monoisotopic (exact) mass is 230 g/mol. The lowest BCUT2D eigenvalue weighted by atomic mass is 10.3. The standard InChI is InChI=1S/C10H9F3N2O/c11-10(12,13)9(16)5-15-6-14-7-3-1-2-4-8(7)15/h1-4,6,9,16H,5H2/t9-/m1/s1. The minimum Gasteiger partial charge on any atom is -0.382 e. The molecule has 3 nitrogen and oxygen atoms in total. The van der Waals surface area contributed by atoms with Crippen LogP contribution in [-0.2, 0) is 6.54 Å². The molecule has 1 aromatic heterocycles. The van der Waals surface area contributed by atoms with Crippen molar-refractivity contribution in [1.82, 2.24) is 9.55 Å². The molecule has 0 amide bonds. The predicted molar refractivity (Wildman–Crippen MR) is 51.8 cm³/mol. The maximum absolute atomic E-state index is 12.2. The molecule has 0 aliphatic carbocycles. The highest BCUT2D eigenvalue weighted by molar-refractivity contribution is 5.74. The maximum Gasteiger partial charge on any atom is 0.416 e. The lowest BCUT2D eigenvalue weighted by Gasteiger charge is -2.15. The van der Waals surface area contributed by atoms with Gasteiger partial charge in [0, 0.05) is 0 Å². The molecule has 1 atom stereocenters. The fraction of sp³-hybridized carbons (Fsp3) is 0.300. The third kappa shape index (κ3) is 2.01. The van der Waals surface area contributed by atoms with Gasteiger partial charge in [0.2, 0.25) is 0 Å². The van der Waals surface area contributed by atoms with Crippen LogP contribution in [-0.4, -0.2) is 26.9 Å². The highest BCUT2D eigenvalue weighted by Crippen LogP contribution is 2.22. The molecule has 0 saturated carbocycles. The Kier molecular flexibility index (Phi) is 2.59. The van der Waals surface area contributed by atoms with E-state index in [1.54, 1.807) is 24.3 Å². The number of benzene rings is 1. The number of aliphatic hydroxyl groups is 1. The molecule has 0 aliphatic heterocycles. The Morgan fingerprint density at radius 1 is 1.31 bits per heavy atom. The van der Waals surface area contributed by atoms with Crippen LogP contribution in [0.4, 0.5) is 13.2 Å². The van der Waals surface area contributed by atoms with Crippen LogP contribution in [0.3, 0.4) is 0 Å². The second kappa shape index (κ2) is 3.79. The number of imidazole rings is 1. The van der Waals surface area contributed by atoms with Crippen molar-refractivity contribution in [3.8, 4) is 0 Å². The van der Waals surface area contributed by atoms with Gasteiger partial charge in [0.25, 0.3) is 0 Å². The Hall–Kier alpha value is -1.56. The third-order valence-electron chi connectivity index (χ3n) is 2.27. The van der Waals surface area contributed by atoms with E-state index in [0.29, 0.717) is 11.0 Å². The Bertz CT molecular complexity index is 492. The number of halogens is 3. The first kappa shape index (κ1) is 10.9. The van der Waals surface area contributed by atoms with Gasteiger partial charge in [0.05, 0.1) is 23.9 Å². The van der Waals surface area contributed by atoms with E-state index < -0.39 is 18.8 Å². The fourth-order valence-electron chi connectivity index (χ4n) is 1.45. The molecule has 1 aromatic carbocycles. The van der Waals surface area contributed by atoms with E-state index in [-0.39, 0.29) is 0 Å². The summed E-state index contributed by atoms with van der Waals surface area (Å²) in [4.78, 5) is 3.94. The fourth-order valence-corrected chi connectivity index (χ4v) is 1.45. The molecule has 2 rings (SSSR count). The summed E-state index contributed by atoms with van der Waals surface area (Å²) in [7, 11) is 0. The molecule has 0 fully saturated rings. The second-order valence-corrected chi connectivity index (χ2v) is 3.44. The molecule has 86 valence electrons. The van der Waals surface area contributed by atoms with Crippen LogP contribution in [0.15, 0.2) is 30.6 Å². The first-order valence-electron chi connectivity index (χ1n) is 4.63. The van der Waals surface area contributed by atoms with E-state index in [9.17, 15) is 13.2 Å². The number of alkyl halides is 3. The highest BCUT2D eigenvalue weighted by Gasteiger charge is 2.38. The van der Waals surface area contributed by atoms with E-state index >= 15 is 0 Å². The summed E-state index contributed by atoms with van der Waals surface area (Å²) in [5.74, 6) is 0. The van der Waals surface area contributed by atoms with Crippen molar-refractivity contribution in [2.45, 2.75) is 18.8 Å². The molecule has 0 radical (unpaired) electrons. The Morgan fingerprint density at radius 3 is 2.69 bits per heavy atom. The number of aliphatic hydroxyl groups excluding tert-OH is 1.